The summed E-state index contributed by atoms with van der Waals surface area (Å²) in [4.78, 5) is 12.3. The summed E-state index contributed by atoms with van der Waals surface area (Å²) in [5.74, 6) is 0.258. The molecule has 3 aromatic rings. The number of imidazole rings is 1. The second-order valence-electron chi connectivity index (χ2n) is 5.52. The quantitative estimate of drug-likeness (QED) is 0.232. The normalized spacial score (nSPS) is 13.2. The number of fused-ring (bicyclic) bond motifs is 1. The van der Waals surface area contributed by atoms with Crippen molar-refractivity contribution in [3.63, 3.8) is 0 Å². The van der Waals surface area contributed by atoms with Gasteiger partial charge in [-0.05, 0) is 18.1 Å². The van der Waals surface area contributed by atoms with Gasteiger partial charge in [0.2, 0.25) is 0 Å². The number of hydrogen-bond acceptors (Lipinski definition) is 6. The third-order valence-corrected chi connectivity index (χ3v) is 5.49. The third kappa shape index (κ3) is 5.48. The zero-order chi connectivity index (χ0) is 21.2. The van der Waals surface area contributed by atoms with Crippen LogP contribution in [0.5, 0.6) is 5.75 Å². The maximum Gasteiger partial charge on any atom is 0.447 e. The van der Waals surface area contributed by atoms with Gasteiger partial charge in [0, 0.05) is 30.1 Å². The van der Waals surface area contributed by atoms with Gasteiger partial charge in [-0.2, -0.15) is 13.2 Å². The monoisotopic (exact) mass is 452 g/mol. The molecule has 6 nitrogen and oxygen atoms in total. The number of nitrogens with zero attached hydrogens (tertiary/aromatic N) is 4. The molecule has 0 aliphatic rings. The van der Waals surface area contributed by atoms with Gasteiger partial charge in [-0.25, -0.2) is 23.7 Å². The molecule has 3 aromatic heterocycles. The second kappa shape index (κ2) is 8.71. The van der Waals surface area contributed by atoms with Crippen LogP contribution < -0.4 is 4.74 Å². The van der Waals surface area contributed by atoms with Crippen LogP contribution in [-0.4, -0.2) is 48.2 Å². The van der Waals surface area contributed by atoms with Crippen LogP contribution in [0.4, 0.5) is 22.0 Å². The molecule has 13 heteroatoms. The Hall–Kier alpha value is -2.12. The van der Waals surface area contributed by atoms with E-state index in [1.165, 1.54) is 29.2 Å². The van der Waals surface area contributed by atoms with Gasteiger partial charge in [-0.3, -0.25) is 4.40 Å². The van der Waals surface area contributed by atoms with Gasteiger partial charge < -0.3 is 9.29 Å². The minimum absolute atomic E-state index is 0.0279. The molecule has 3 rings (SSSR count). The first kappa shape index (κ1) is 21.6. The van der Waals surface area contributed by atoms with Gasteiger partial charge in [0.05, 0.1) is 6.20 Å². The first-order chi connectivity index (χ1) is 13.7. The van der Waals surface area contributed by atoms with Gasteiger partial charge in [0.1, 0.15) is 46.5 Å². The van der Waals surface area contributed by atoms with Crippen molar-refractivity contribution >= 4 is 28.6 Å². The maximum atomic E-state index is 12.5. The van der Waals surface area contributed by atoms with E-state index in [0.29, 0.717) is 0 Å². The molecule has 29 heavy (non-hydrogen) atoms. The van der Waals surface area contributed by atoms with Crippen molar-refractivity contribution in [1.82, 2.24) is 19.4 Å². The number of pyridine rings is 1. The number of thioether (sulfide) groups is 1. The fourth-order valence-electron chi connectivity index (χ4n) is 2.35. The summed E-state index contributed by atoms with van der Waals surface area (Å²) >= 11 is -1.88. The highest BCUT2D eigenvalue weighted by molar-refractivity contribution is 8.00. The second-order valence-corrected chi connectivity index (χ2v) is 8.31. The van der Waals surface area contributed by atoms with Gasteiger partial charge >= 0.3 is 5.51 Å². The number of halogens is 5. The van der Waals surface area contributed by atoms with E-state index in [-0.39, 0.29) is 50.2 Å². The van der Waals surface area contributed by atoms with Gasteiger partial charge in [0.25, 0.3) is 6.43 Å². The Morgan fingerprint density at radius 1 is 1.28 bits per heavy atom. The van der Waals surface area contributed by atoms with E-state index in [0.717, 1.165) is 6.07 Å². The highest BCUT2D eigenvalue weighted by atomic mass is 32.2. The van der Waals surface area contributed by atoms with Crippen LogP contribution in [0.3, 0.4) is 0 Å². The number of rotatable bonds is 7. The van der Waals surface area contributed by atoms with Crippen LogP contribution in [-0.2, 0) is 11.2 Å². The summed E-state index contributed by atoms with van der Waals surface area (Å²) in [6.07, 6.45) is 1.17. The predicted octanol–water partition coefficient (Wildman–Crippen LogP) is 4.17. The Morgan fingerprint density at radius 2 is 2.03 bits per heavy atom. The van der Waals surface area contributed by atoms with E-state index in [1.54, 1.807) is 6.92 Å². The molecule has 0 N–H and O–H groups in total. The van der Waals surface area contributed by atoms with E-state index in [1.807, 2.05) is 0 Å². The highest BCUT2D eigenvalue weighted by Crippen LogP contribution is 2.36. The Morgan fingerprint density at radius 3 is 2.69 bits per heavy atom. The van der Waals surface area contributed by atoms with Gasteiger partial charge in [0.15, 0.2) is 4.90 Å². The summed E-state index contributed by atoms with van der Waals surface area (Å²) in [5, 5.41) is -0.275. The third-order valence-electron chi connectivity index (χ3n) is 3.50. The molecule has 0 radical (unpaired) electrons. The smallest absolute Gasteiger partial charge is 0.447 e. The molecule has 1 atom stereocenters. The van der Waals surface area contributed by atoms with Crippen molar-refractivity contribution in [2.24, 2.45) is 0 Å². The molecule has 1 unspecified atom stereocenters. The summed E-state index contributed by atoms with van der Waals surface area (Å²) in [6.45, 7) is 0.833. The van der Waals surface area contributed by atoms with Crippen molar-refractivity contribution in [2.45, 2.75) is 28.8 Å². The van der Waals surface area contributed by atoms with Crippen LogP contribution in [0.15, 0.2) is 40.8 Å². The van der Waals surface area contributed by atoms with E-state index >= 15 is 0 Å². The van der Waals surface area contributed by atoms with Crippen molar-refractivity contribution in [3.8, 4) is 17.1 Å². The van der Waals surface area contributed by atoms with Crippen LogP contribution >= 0.6 is 11.8 Å². The van der Waals surface area contributed by atoms with Gasteiger partial charge in [-0.1, -0.05) is 0 Å². The molecule has 0 saturated heterocycles. The molecule has 0 aromatic carbocycles. The van der Waals surface area contributed by atoms with Crippen molar-refractivity contribution in [1.29, 1.82) is 0 Å². The number of alkyl halides is 5. The molecule has 0 saturated carbocycles. The largest absolute Gasteiger partial charge is 0.611 e. The number of hydrogen-bond donors (Lipinski definition) is 0. The number of aromatic nitrogens is 4. The lowest BCUT2D eigenvalue weighted by Crippen LogP contribution is -2.10. The molecular formula is C16H13F5N4O2S2. The SMILES string of the molecule is CC[S+]([O-])c1cc(OCC(F)F)cnc1-c1cn2cnc(SC(F)(F)F)cc2n1. The molecule has 3 heterocycles. The summed E-state index contributed by atoms with van der Waals surface area (Å²) in [7, 11) is 0. The van der Waals surface area contributed by atoms with Crippen molar-refractivity contribution in [3.05, 3.63) is 30.9 Å². The first-order valence-electron chi connectivity index (χ1n) is 8.06. The first-order valence-corrected chi connectivity index (χ1v) is 10.2. The molecule has 0 bridgehead atoms. The summed E-state index contributed by atoms with van der Waals surface area (Å²) in [5.41, 5.74) is -3.84. The van der Waals surface area contributed by atoms with Crippen LogP contribution in [0.2, 0.25) is 0 Å². The lowest BCUT2D eigenvalue weighted by atomic mass is 10.3. The van der Waals surface area contributed by atoms with E-state index in [4.69, 9.17) is 4.74 Å². The summed E-state index contributed by atoms with van der Waals surface area (Å²) < 4.78 is 81.0. The standard InChI is InChI=1S/C16H13F5N4O2S2/c1-2-29(26)11-3-9(27-7-12(17)18)5-22-15(11)10-6-25-8-23-14(4-13(25)24-10)28-16(19,20)21/h3-6,8,12H,2,7H2,1H3. The van der Waals surface area contributed by atoms with E-state index in [9.17, 15) is 26.5 Å². The Kier molecular flexibility index (Phi) is 6.49. The van der Waals surface area contributed by atoms with Crippen LogP contribution in [0.25, 0.3) is 17.0 Å². The zero-order valence-corrected chi connectivity index (χ0v) is 16.3. The van der Waals surface area contributed by atoms with Crippen LogP contribution in [0, 0.1) is 0 Å². The van der Waals surface area contributed by atoms with Crippen molar-refractivity contribution in [2.75, 3.05) is 12.4 Å². The minimum Gasteiger partial charge on any atom is -0.611 e. The minimum atomic E-state index is -4.48. The molecule has 0 amide bonds. The Labute approximate surface area is 168 Å². The zero-order valence-electron chi connectivity index (χ0n) is 14.7. The van der Waals surface area contributed by atoms with E-state index < -0.39 is 29.7 Å². The molecule has 0 aliphatic heterocycles. The highest BCUT2D eigenvalue weighted by Gasteiger charge is 2.30. The van der Waals surface area contributed by atoms with Gasteiger partial charge in [-0.15, -0.1) is 0 Å². The Balaban J connectivity index is 1.98. The van der Waals surface area contributed by atoms with Crippen LogP contribution in [0.1, 0.15) is 6.92 Å². The fraction of sp³-hybridized carbons (Fsp3) is 0.312. The molecule has 156 valence electrons. The Bertz CT molecular complexity index is 999. The fourth-order valence-corrected chi connectivity index (χ4v) is 3.78. The average Bonchev–Trinajstić information content (AvgIpc) is 3.07. The molecule has 0 fully saturated rings. The number of ether oxygens (including phenoxy) is 1. The lowest BCUT2D eigenvalue weighted by Gasteiger charge is -2.13. The molecular weight excluding hydrogens is 439 g/mol. The average molecular weight is 452 g/mol. The predicted molar refractivity (Wildman–Crippen MR) is 96.6 cm³/mol. The summed E-state index contributed by atoms with van der Waals surface area (Å²) in [6, 6.07) is 2.51. The van der Waals surface area contributed by atoms with Crippen molar-refractivity contribution < 1.29 is 31.2 Å². The maximum absolute atomic E-state index is 12.5. The lowest BCUT2D eigenvalue weighted by molar-refractivity contribution is -0.0329. The molecule has 0 spiro atoms. The van der Waals surface area contributed by atoms with E-state index in [2.05, 4.69) is 15.0 Å². The molecule has 0 aliphatic carbocycles. The topological polar surface area (TPSA) is 75.4 Å².